The van der Waals surface area contributed by atoms with Gasteiger partial charge in [-0.15, -0.1) is 17.9 Å². The third-order valence-electron chi connectivity index (χ3n) is 4.82. The van der Waals surface area contributed by atoms with E-state index in [1.54, 1.807) is 10.6 Å². The summed E-state index contributed by atoms with van der Waals surface area (Å²) in [6.07, 6.45) is 3.65. The van der Waals surface area contributed by atoms with Crippen LogP contribution in [0.2, 0.25) is 0 Å². The monoisotopic (exact) mass is 441 g/mol. The van der Waals surface area contributed by atoms with Gasteiger partial charge in [0.15, 0.2) is 5.16 Å². The third kappa shape index (κ3) is 4.84. The van der Waals surface area contributed by atoms with Crippen LogP contribution >= 0.6 is 23.1 Å². The summed E-state index contributed by atoms with van der Waals surface area (Å²) < 4.78 is 1.61. The molecule has 0 spiro atoms. The second-order valence-electron chi connectivity index (χ2n) is 7.25. The van der Waals surface area contributed by atoms with E-state index in [1.807, 2.05) is 44.2 Å². The Kier molecular flexibility index (Phi) is 7.50. The molecule has 3 aromatic rings. The summed E-state index contributed by atoms with van der Waals surface area (Å²) in [6.45, 7) is 10.2. The SMILES string of the molecule is C=CCn1c(SCC(=O)NC(C)CCC)nc2sc(-c3ccccc3)c(C)c2c1=O. The molecule has 1 N–H and O–H groups in total. The van der Waals surface area contributed by atoms with Crippen molar-refractivity contribution in [1.82, 2.24) is 14.9 Å². The van der Waals surface area contributed by atoms with E-state index in [-0.39, 0.29) is 23.3 Å². The molecule has 0 aliphatic rings. The number of carbonyl (C=O) groups is 1. The van der Waals surface area contributed by atoms with Crippen molar-refractivity contribution in [2.24, 2.45) is 0 Å². The van der Waals surface area contributed by atoms with Gasteiger partial charge in [0.1, 0.15) is 4.83 Å². The first-order chi connectivity index (χ1) is 14.5. The van der Waals surface area contributed by atoms with Gasteiger partial charge in [-0.3, -0.25) is 14.2 Å². The highest BCUT2D eigenvalue weighted by Gasteiger charge is 2.19. The van der Waals surface area contributed by atoms with Gasteiger partial charge in [-0.25, -0.2) is 4.98 Å². The highest BCUT2D eigenvalue weighted by molar-refractivity contribution is 7.99. The number of thiophene rings is 1. The number of fused-ring (bicyclic) bond motifs is 1. The first kappa shape index (κ1) is 22.3. The predicted octanol–water partition coefficient (Wildman–Crippen LogP) is 5.02. The summed E-state index contributed by atoms with van der Waals surface area (Å²) in [7, 11) is 0. The first-order valence-electron chi connectivity index (χ1n) is 10.1. The number of amides is 1. The van der Waals surface area contributed by atoms with Crippen molar-refractivity contribution in [2.75, 3.05) is 5.75 Å². The summed E-state index contributed by atoms with van der Waals surface area (Å²) in [4.78, 5) is 32.1. The molecule has 1 atom stereocenters. The van der Waals surface area contributed by atoms with Gasteiger partial charge < -0.3 is 5.32 Å². The highest BCUT2D eigenvalue weighted by Crippen LogP contribution is 2.36. The quantitative estimate of drug-likeness (QED) is 0.288. The van der Waals surface area contributed by atoms with Gasteiger partial charge in [-0.05, 0) is 31.4 Å². The van der Waals surface area contributed by atoms with Gasteiger partial charge in [0, 0.05) is 17.5 Å². The molecule has 0 radical (unpaired) electrons. The topological polar surface area (TPSA) is 64.0 Å². The van der Waals surface area contributed by atoms with Gasteiger partial charge in [-0.1, -0.05) is 61.5 Å². The molecule has 5 nitrogen and oxygen atoms in total. The van der Waals surface area contributed by atoms with Crippen molar-refractivity contribution in [3.63, 3.8) is 0 Å². The molecule has 0 bridgehead atoms. The van der Waals surface area contributed by atoms with Crippen molar-refractivity contribution in [3.8, 4) is 10.4 Å². The van der Waals surface area contributed by atoms with Gasteiger partial charge in [0.05, 0.1) is 11.1 Å². The average Bonchev–Trinajstić information content (AvgIpc) is 3.06. The molecule has 1 unspecified atom stereocenters. The molecule has 30 heavy (non-hydrogen) atoms. The van der Waals surface area contributed by atoms with Crippen LogP contribution in [0.5, 0.6) is 0 Å². The Labute approximate surface area is 185 Å². The summed E-state index contributed by atoms with van der Waals surface area (Å²) >= 11 is 2.81. The molecule has 2 aromatic heterocycles. The number of benzene rings is 1. The zero-order valence-electron chi connectivity index (χ0n) is 17.6. The fourth-order valence-electron chi connectivity index (χ4n) is 3.41. The van der Waals surface area contributed by atoms with Crippen LogP contribution in [0.1, 0.15) is 32.3 Å². The standard InChI is InChI=1S/C23H27N3O2S2/c1-5-10-15(3)24-18(27)14-29-23-25-21-19(22(28)26(23)13-6-2)16(4)20(30-21)17-11-8-7-9-12-17/h6-9,11-12,15H,2,5,10,13-14H2,1,3-4H3,(H,24,27). The van der Waals surface area contributed by atoms with E-state index in [4.69, 9.17) is 4.98 Å². The number of nitrogens with zero attached hydrogens (tertiary/aromatic N) is 2. The molecule has 1 aromatic carbocycles. The Morgan fingerprint density at radius 1 is 1.37 bits per heavy atom. The van der Waals surface area contributed by atoms with E-state index >= 15 is 0 Å². The number of rotatable bonds is 9. The molecule has 0 aliphatic heterocycles. The molecule has 7 heteroatoms. The number of carbonyl (C=O) groups excluding carboxylic acids is 1. The van der Waals surface area contributed by atoms with Crippen LogP contribution in [0, 0.1) is 6.92 Å². The Morgan fingerprint density at radius 2 is 2.10 bits per heavy atom. The molecule has 0 aliphatic carbocycles. The van der Waals surface area contributed by atoms with Crippen LogP contribution in [0.15, 0.2) is 52.9 Å². The number of hydrogen-bond acceptors (Lipinski definition) is 5. The van der Waals surface area contributed by atoms with Crippen LogP contribution < -0.4 is 10.9 Å². The molecule has 158 valence electrons. The number of nitrogens with one attached hydrogen (secondary N) is 1. The van der Waals surface area contributed by atoms with Gasteiger partial charge in [-0.2, -0.15) is 0 Å². The summed E-state index contributed by atoms with van der Waals surface area (Å²) in [6, 6.07) is 10.2. The first-order valence-corrected chi connectivity index (χ1v) is 11.9. The number of allylic oxidation sites excluding steroid dienone is 1. The summed E-state index contributed by atoms with van der Waals surface area (Å²) in [5.74, 6) is 0.173. The van der Waals surface area contributed by atoms with Crippen LogP contribution in [0.25, 0.3) is 20.7 Å². The number of aromatic nitrogens is 2. The minimum Gasteiger partial charge on any atom is -0.353 e. The average molecular weight is 442 g/mol. The third-order valence-corrected chi connectivity index (χ3v) is 7.04. The smallest absolute Gasteiger partial charge is 0.263 e. The van der Waals surface area contributed by atoms with E-state index in [9.17, 15) is 9.59 Å². The number of thioether (sulfide) groups is 1. The fraction of sp³-hybridized carbons (Fsp3) is 0.348. The van der Waals surface area contributed by atoms with E-state index in [2.05, 4.69) is 18.8 Å². The molecule has 1 amide bonds. The van der Waals surface area contributed by atoms with Crippen LogP contribution in [-0.4, -0.2) is 27.3 Å². The highest BCUT2D eigenvalue weighted by atomic mass is 32.2. The lowest BCUT2D eigenvalue weighted by molar-refractivity contribution is -0.119. The van der Waals surface area contributed by atoms with E-state index in [0.29, 0.717) is 21.9 Å². The normalized spacial score (nSPS) is 12.1. The minimum absolute atomic E-state index is 0.0483. The van der Waals surface area contributed by atoms with Crippen molar-refractivity contribution in [1.29, 1.82) is 0 Å². The minimum atomic E-state index is -0.0851. The van der Waals surface area contributed by atoms with Crippen LogP contribution in [-0.2, 0) is 11.3 Å². The van der Waals surface area contributed by atoms with Crippen molar-refractivity contribution in [2.45, 2.75) is 51.4 Å². The number of hydrogen-bond donors (Lipinski definition) is 1. The fourth-order valence-corrected chi connectivity index (χ4v) is 5.46. The molecular formula is C23H27N3O2S2. The summed E-state index contributed by atoms with van der Waals surface area (Å²) in [5.41, 5.74) is 1.93. The molecule has 0 saturated heterocycles. The van der Waals surface area contributed by atoms with Crippen molar-refractivity contribution >= 4 is 39.2 Å². The Morgan fingerprint density at radius 3 is 2.77 bits per heavy atom. The number of aryl methyl sites for hydroxylation is 1. The van der Waals surface area contributed by atoms with Crippen LogP contribution in [0.3, 0.4) is 0 Å². The lowest BCUT2D eigenvalue weighted by Gasteiger charge is -2.13. The maximum atomic E-state index is 13.3. The Bertz CT molecular complexity index is 1100. The van der Waals surface area contributed by atoms with E-state index in [1.165, 1.54) is 23.1 Å². The van der Waals surface area contributed by atoms with E-state index < -0.39 is 0 Å². The molecular weight excluding hydrogens is 414 g/mol. The lowest BCUT2D eigenvalue weighted by Crippen LogP contribution is -2.34. The van der Waals surface area contributed by atoms with Gasteiger partial charge in [0.2, 0.25) is 5.91 Å². The maximum Gasteiger partial charge on any atom is 0.263 e. The molecule has 0 fully saturated rings. The Balaban J connectivity index is 1.96. The van der Waals surface area contributed by atoms with Gasteiger partial charge >= 0.3 is 0 Å². The zero-order valence-corrected chi connectivity index (χ0v) is 19.2. The van der Waals surface area contributed by atoms with Crippen molar-refractivity contribution < 1.29 is 4.79 Å². The zero-order chi connectivity index (χ0) is 21.7. The van der Waals surface area contributed by atoms with Crippen LogP contribution in [0.4, 0.5) is 0 Å². The molecule has 2 heterocycles. The summed E-state index contributed by atoms with van der Waals surface area (Å²) in [5, 5.41) is 4.19. The van der Waals surface area contributed by atoms with E-state index in [0.717, 1.165) is 28.8 Å². The van der Waals surface area contributed by atoms with Gasteiger partial charge in [0.25, 0.3) is 5.56 Å². The lowest BCUT2D eigenvalue weighted by atomic mass is 10.1. The molecule has 0 saturated carbocycles. The largest absolute Gasteiger partial charge is 0.353 e. The molecule has 3 rings (SSSR count). The maximum absolute atomic E-state index is 13.3. The van der Waals surface area contributed by atoms with Crippen molar-refractivity contribution in [3.05, 3.63) is 58.9 Å². The Hall–Kier alpha value is -2.38. The predicted molar refractivity (Wildman–Crippen MR) is 127 cm³/mol. The second kappa shape index (κ2) is 10.1. The second-order valence-corrected chi connectivity index (χ2v) is 9.19.